The molecule has 0 radical (unpaired) electrons. The number of carbonyl (C=O) groups excluding carboxylic acids is 1. The third-order valence-corrected chi connectivity index (χ3v) is 10.1. The average molecular weight is 750 g/mol. The van der Waals surface area contributed by atoms with Gasteiger partial charge in [0.1, 0.15) is 18.5 Å². The number of nitrogens with one attached hydrogen (secondary N) is 3. The Morgan fingerprint density at radius 3 is 2.66 bits per heavy atom. The quantitative estimate of drug-likeness (QED) is 0.0835. The molecule has 2 amide bonds. The molecular formula is C32H39N13O7S. The zero-order valence-corrected chi connectivity index (χ0v) is 29.3. The lowest BCUT2D eigenvalue weighted by molar-refractivity contribution is -0.0951. The summed E-state index contributed by atoms with van der Waals surface area (Å²) >= 11 is 0. The Hall–Kier alpha value is -5.32. The number of benzene rings is 2. The van der Waals surface area contributed by atoms with Gasteiger partial charge in [0.25, 0.3) is 0 Å². The third-order valence-electron chi connectivity index (χ3n) is 9.15. The molecule has 0 spiro atoms. The van der Waals surface area contributed by atoms with E-state index < -0.39 is 40.0 Å². The first-order valence-electron chi connectivity index (χ1n) is 16.9. The summed E-state index contributed by atoms with van der Waals surface area (Å²) in [6.07, 6.45) is -0.438. The van der Waals surface area contributed by atoms with Gasteiger partial charge in [0.05, 0.1) is 30.7 Å². The molecule has 3 aromatic heterocycles. The van der Waals surface area contributed by atoms with E-state index in [1.165, 1.54) is 33.9 Å². The van der Waals surface area contributed by atoms with Gasteiger partial charge in [0.2, 0.25) is 27.5 Å². The van der Waals surface area contributed by atoms with Crippen molar-refractivity contribution in [1.82, 2.24) is 45.0 Å². The first-order chi connectivity index (χ1) is 25.5. The van der Waals surface area contributed by atoms with Crippen molar-refractivity contribution in [3.05, 3.63) is 72.3 Å². The lowest BCUT2D eigenvalue weighted by atomic mass is 10.0. The third kappa shape index (κ3) is 7.21. The van der Waals surface area contributed by atoms with Gasteiger partial charge in [0, 0.05) is 24.8 Å². The van der Waals surface area contributed by atoms with Crippen molar-refractivity contribution in [3.8, 4) is 0 Å². The van der Waals surface area contributed by atoms with E-state index in [0.29, 0.717) is 32.5 Å². The fourth-order valence-corrected chi connectivity index (χ4v) is 7.04. The van der Waals surface area contributed by atoms with Crippen LogP contribution >= 0.6 is 0 Å². The summed E-state index contributed by atoms with van der Waals surface area (Å²) in [6, 6.07) is 13.9. The van der Waals surface area contributed by atoms with Crippen molar-refractivity contribution in [2.75, 3.05) is 41.8 Å². The molecule has 2 aliphatic heterocycles. The van der Waals surface area contributed by atoms with E-state index in [4.69, 9.17) is 19.8 Å². The lowest BCUT2D eigenvalue weighted by Crippen LogP contribution is -2.47. The number of carbonyl (C=O) groups is 1. The van der Waals surface area contributed by atoms with E-state index in [9.17, 15) is 28.5 Å². The Balaban J connectivity index is 1.21. The van der Waals surface area contributed by atoms with Gasteiger partial charge < -0.3 is 40.9 Å². The summed E-state index contributed by atoms with van der Waals surface area (Å²) < 4.78 is 31.1. The van der Waals surface area contributed by atoms with Crippen LogP contribution in [0.2, 0.25) is 0 Å². The van der Waals surface area contributed by atoms with Crippen molar-refractivity contribution in [3.63, 3.8) is 0 Å². The number of nitrogens with zero attached hydrogens (tertiary/aromatic N) is 9. The van der Waals surface area contributed by atoms with Crippen LogP contribution in [-0.2, 0) is 33.5 Å². The zero-order valence-electron chi connectivity index (χ0n) is 28.5. The Labute approximate surface area is 303 Å². The van der Waals surface area contributed by atoms with Crippen molar-refractivity contribution in [2.45, 2.75) is 61.2 Å². The Kier molecular flexibility index (Phi) is 9.93. The number of nitrogens with two attached hydrogens (primary N) is 1. The number of aliphatic hydroxyl groups excluding tert-OH is 3. The zero-order chi connectivity index (χ0) is 37.3. The molecule has 8 N–H and O–H groups in total. The Morgan fingerprint density at radius 1 is 1.15 bits per heavy atom. The molecule has 5 aromatic rings. The van der Waals surface area contributed by atoms with Gasteiger partial charge in [-0.2, -0.15) is 14.8 Å². The van der Waals surface area contributed by atoms with Crippen LogP contribution in [0.5, 0.6) is 0 Å². The number of hydrogen-bond acceptors (Lipinski definition) is 15. The predicted octanol–water partition coefficient (Wildman–Crippen LogP) is -0.651. The van der Waals surface area contributed by atoms with E-state index in [0.717, 1.165) is 5.56 Å². The van der Waals surface area contributed by atoms with Crippen LogP contribution < -0.4 is 26.0 Å². The predicted molar refractivity (Wildman–Crippen MR) is 189 cm³/mol. The highest BCUT2D eigenvalue weighted by Crippen LogP contribution is 2.39. The molecule has 1 unspecified atom stereocenters. The summed E-state index contributed by atoms with van der Waals surface area (Å²) in [6.45, 7) is 2.48. The molecular weight excluding hydrogens is 711 g/mol. The van der Waals surface area contributed by atoms with Gasteiger partial charge in [-0.05, 0) is 48.7 Å². The molecule has 0 aliphatic carbocycles. The minimum absolute atomic E-state index is 0.0132. The molecule has 7 rings (SSSR count). The van der Waals surface area contributed by atoms with Crippen molar-refractivity contribution in [2.24, 2.45) is 5.14 Å². The number of hydrogen-bond donors (Lipinski definition) is 7. The van der Waals surface area contributed by atoms with Crippen LogP contribution in [0.15, 0.2) is 65.8 Å². The molecule has 280 valence electrons. The number of fused-ring (bicyclic) bond motifs is 1. The number of imidazole rings is 1. The number of urea groups is 1. The van der Waals surface area contributed by atoms with E-state index in [2.05, 4.69) is 36.3 Å². The number of aromatic nitrogens is 8. The Bertz CT molecular complexity index is 2200. The van der Waals surface area contributed by atoms with E-state index in [1.807, 2.05) is 42.2 Å². The molecule has 53 heavy (non-hydrogen) atoms. The molecule has 2 aromatic carbocycles. The first kappa shape index (κ1) is 36.1. The topological polar surface area (TPSA) is 274 Å². The second-order valence-corrected chi connectivity index (χ2v) is 14.4. The van der Waals surface area contributed by atoms with Crippen molar-refractivity contribution < 1.29 is 33.3 Å². The second kappa shape index (κ2) is 14.6. The van der Waals surface area contributed by atoms with E-state index in [-0.39, 0.29) is 58.6 Å². The van der Waals surface area contributed by atoms with E-state index in [1.54, 1.807) is 6.07 Å². The maximum Gasteiger partial charge on any atom is 0.319 e. The van der Waals surface area contributed by atoms with Crippen molar-refractivity contribution >= 4 is 44.7 Å². The fourth-order valence-electron chi connectivity index (χ4n) is 6.48. The molecule has 0 saturated carbocycles. The summed E-state index contributed by atoms with van der Waals surface area (Å²) in [5.74, 6) is 0.522. The number of amides is 2. The van der Waals surface area contributed by atoms with Gasteiger partial charge in [-0.15, -0.1) is 10.2 Å². The number of ether oxygens (including phenoxy) is 1. The van der Waals surface area contributed by atoms with Gasteiger partial charge in [0.15, 0.2) is 17.0 Å². The molecule has 21 heteroatoms. The standard InChI is InChI=1S/C32H39N13O7S/c1-2-45-41-29(40-42-45)32(26(48)24(47)17-52-32)44-18-34-25-27(35-22(16-46)13-19-7-4-3-5-8-19)38-30(39-28(25)44)43-12-11-21(15-43)37-31(49)36-20-9-6-10-23(14-20)53(33,50)51/h3-10,14,18,21-22,24,26,46-48H,2,11-13,15-17H2,1H3,(H2,33,50,51)(H,35,38,39)(H2,36,37,49)/t21-,22?,24+,26-,32+/m1/s1. The van der Waals surface area contributed by atoms with Crippen LogP contribution in [-0.4, -0.2) is 120 Å². The second-order valence-electron chi connectivity index (χ2n) is 12.8. The highest BCUT2D eigenvalue weighted by atomic mass is 32.2. The highest BCUT2D eigenvalue weighted by molar-refractivity contribution is 7.89. The van der Waals surface area contributed by atoms with Gasteiger partial charge in [-0.3, -0.25) is 4.57 Å². The average Bonchev–Trinajstić information content (AvgIpc) is 3.96. The molecule has 2 aliphatic rings. The summed E-state index contributed by atoms with van der Waals surface area (Å²) in [7, 11) is -3.96. The maximum atomic E-state index is 12.9. The smallest absolute Gasteiger partial charge is 0.319 e. The number of tetrazole rings is 1. The number of aryl methyl sites for hydroxylation is 1. The van der Waals surface area contributed by atoms with Gasteiger partial charge in [-0.1, -0.05) is 36.4 Å². The first-order valence-corrected chi connectivity index (χ1v) is 18.4. The number of primary sulfonamides is 1. The molecule has 2 saturated heterocycles. The van der Waals surface area contributed by atoms with Gasteiger partial charge >= 0.3 is 6.03 Å². The summed E-state index contributed by atoms with van der Waals surface area (Å²) in [5.41, 5.74) is -0.120. The van der Waals surface area contributed by atoms with Crippen LogP contribution in [0.3, 0.4) is 0 Å². The van der Waals surface area contributed by atoms with Crippen LogP contribution in [0.1, 0.15) is 24.7 Å². The van der Waals surface area contributed by atoms with Crippen LogP contribution in [0.4, 0.5) is 22.2 Å². The fraction of sp³-hybridized carbons (Fsp3) is 0.406. The normalized spacial score (nSPS) is 22.3. The van der Waals surface area contributed by atoms with Crippen LogP contribution in [0, 0.1) is 0 Å². The SMILES string of the molecule is CCn1nnc([C@@]2(n3cnc4c(NC(CO)Cc5ccccc5)nc(N5CC[C@@H](NC(=O)Nc6cccc(S(N)(=O)=O)c6)C5)nc43)OC[C@H](O)[C@H]2O)n1. The number of rotatable bonds is 12. The molecule has 2 fully saturated rings. The maximum absolute atomic E-state index is 12.9. The minimum atomic E-state index is -3.96. The molecule has 5 atom stereocenters. The number of aliphatic hydroxyl groups is 3. The molecule has 20 nitrogen and oxygen atoms in total. The van der Waals surface area contributed by atoms with Crippen molar-refractivity contribution in [1.29, 1.82) is 0 Å². The Morgan fingerprint density at radius 2 is 1.96 bits per heavy atom. The summed E-state index contributed by atoms with van der Waals surface area (Å²) in [5, 5.41) is 59.3. The number of sulfonamides is 1. The van der Waals surface area contributed by atoms with E-state index >= 15 is 0 Å². The molecule has 5 heterocycles. The lowest BCUT2D eigenvalue weighted by Gasteiger charge is -2.30. The largest absolute Gasteiger partial charge is 0.394 e. The summed E-state index contributed by atoms with van der Waals surface area (Å²) in [4.78, 5) is 30.3. The van der Waals surface area contributed by atoms with Crippen LogP contribution in [0.25, 0.3) is 11.2 Å². The monoisotopic (exact) mass is 749 g/mol. The molecule has 0 bridgehead atoms. The highest BCUT2D eigenvalue weighted by Gasteiger charge is 2.56. The minimum Gasteiger partial charge on any atom is -0.394 e. The van der Waals surface area contributed by atoms with Gasteiger partial charge in [-0.25, -0.2) is 23.3 Å². The number of anilines is 3.